The Kier molecular flexibility index (Phi) is 6.81. The molecule has 0 bridgehead atoms. The van der Waals surface area contributed by atoms with Gasteiger partial charge in [0.15, 0.2) is 0 Å². The summed E-state index contributed by atoms with van der Waals surface area (Å²) in [5.41, 5.74) is 0.428. The minimum Gasteiger partial charge on any atom is -0.136 e. The minimum absolute atomic E-state index is 0.367. The second-order valence-electron chi connectivity index (χ2n) is 8.44. The van der Waals surface area contributed by atoms with E-state index in [1.54, 1.807) is 0 Å². The van der Waals surface area contributed by atoms with Gasteiger partial charge in [0.05, 0.1) is 45.0 Å². The van der Waals surface area contributed by atoms with E-state index in [0.717, 1.165) is 5.75 Å². The highest BCUT2D eigenvalue weighted by atomic mass is 32.3. The quantitative estimate of drug-likeness (QED) is 0.266. The maximum Gasteiger partial charge on any atom is 0.0718 e. The first kappa shape index (κ1) is 24.2. The zero-order chi connectivity index (χ0) is 22.3. The molecule has 6 aliphatic rings. The Hall–Kier alpha value is 1.86. The van der Waals surface area contributed by atoms with Crippen LogP contribution in [0.3, 0.4) is 0 Å². The fraction of sp³-hybridized carbons (Fsp3) is 0.400. The average Bonchev–Trinajstić information content (AvgIpc) is 3.53. The lowest BCUT2D eigenvalue weighted by Gasteiger charge is -2.36. The summed E-state index contributed by atoms with van der Waals surface area (Å²) in [7, 11) is 0. The van der Waals surface area contributed by atoms with Crippen LogP contribution in [0.4, 0.5) is 0 Å². The van der Waals surface area contributed by atoms with Crippen molar-refractivity contribution in [2.45, 2.75) is 44.0 Å². The number of hydrogen-bond donors (Lipinski definition) is 0. The third-order valence-corrected chi connectivity index (χ3v) is 20.2. The second-order valence-corrected chi connectivity index (χ2v) is 20.7. The zero-order valence-electron chi connectivity index (χ0n) is 17.5. The van der Waals surface area contributed by atoms with Crippen LogP contribution in [-0.2, 0) is 5.21 Å². The molecule has 12 heteroatoms. The van der Waals surface area contributed by atoms with E-state index in [2.05, 4.69) is 30.7 Å². The van der Waals surface area contributed by atoms with Crippen LogP contribution in [0.1, 0.15) is 27.7 Å². The Morgan fingerprint density at radius 3 is 1.78 bits per heavy atom. The molecule has 0 saturated carbocycles. The molecular formula is C20H18NOS10. The highest BCUT2D eigenvalue weighted by molar-refractivity contribution is 8.50. The largest absolute Gasteiger partial charge is 0.136 e. The van der Waals surface area contributed by atoms with E-state index >= 15 is 0 Å². The molecule has 6 aliphatic heterocycles. The number of hydroxylamine groups is 2. The molecule has 32 heavy (non-hydrogen) atoms. The molecule has 0 N–H and O–H groups in total. The summed E-state index contributed by atoms with van der Waals surface area (Å²) in [5, 5.41) is 18.9. The highest BCUT2D eigenvalue weighted by Gasteiger charge is 2.50. The fourth-order valence-electron chi connectivity index (χ4n) is 3.98. The molecule has 1 atom stereocenters. The number of nitrogens with zero attached hydrogens (tertiary/aromatic N) is 1. The maximum atomic E-state index is 12.9. The molecule has 2 nitrogen and oxygen atoms in total. The lowest BCUT2D eigenvalue weighted by atomic mass is 9.94. The van der Waals surface area contributed by atoms with Crippen LogP contribution < -0.4 is 0 Å². The van der Waals surface area contributed by atoms with Crippen molar-refractivity contribution in [2.24, 2.45) is 0 Å². The van der Waals surface area contributed by atoms with Gasteiger partial charge in [-0.25, -0.2) is 0 Å². The van der Waals surface area contributed by atoms with E-state index in [1.807, 2.05) is 131 Å². The van der Waals surface area contributed by atoms with Crippen molar-refractivity contribution in [3.63, 3.8) is 0 Å². The predicted molar refractivity (Wildman–Crippen MR) is 161 cm³/mol. The Labute approximate surface area is 231 Å². The second kappa shape index (κ2) is 9.01. The van der Waals surface area contributed by atoms with Gasteiger partial charge in [-0.05, 0) is 44.1 Å². The smallest absolute Gasteiger partial charge is 0.0718 e. The van der Waals surface area contributed by atoms with Gasteiger partial charge in [-0.1, -0.05) is 100 Å². The van der Waals surface area contributed by atoms with Crippen molar-refractivity contribution in [1.29, 1.82) is 0 Å². The van der Waals surface area contributed by atoms with Crippen LogP contribution in [0.2, 0.25) is 0 Å². The van der Waals surface area contributed by atoms with Gasteiger partial charge >= 0.3 is 0 Å². The van der Waals surface area contributed by atoms with Crippen LogP contribution in [0.15, 0.2) is 56.4 Å². The summed E-state index contributed by atoms with van der Waals surface area (Å²) in [6.45, 7) is 8.22. The van der Waals surface area contributed by atoms with E-state index in [9.17, 15) is 5.21 Å². The molecule has 0 spiro atoms. The fourth-order valence-corrected chi connectivity index (χ4v) is 19.3. The van der Waals surface area contributed by atoms with Gasteiger partial charge in [0, 0.05) is 11.0 Å². The molecule has 1 radical (unpaired) electrons. The Morgan fingerprint density at radius 2 is 1.25 bits per heavy atom. The molecule has 0 aromatic carbocycles. The Morgan fingerprint density at radius 1 is 0.750 bits per heavy atom. The van der Waals surface area contributed by atoms with E-state index in [0.29, 0.717) is 5.25 Å². The summed E-state index contributed by atoms with van der Waals surface area (Å²) in [6.07, 6.45) is 2.23. The highest BCUT2D eigenvalue weighted by Crippen LogP contribution is 2.72. The molecule has 1 unspecified atom stereocenters. The van der Waals surface area contributed by atoms with Crippen molar-refractivity contribution < 1.29 is 5.21 Å². The SMILES string of the molecule is CC1(C)C=C(C2CSC3=C(SC(=C4SC5=C(SC(=C6SC=CS6)S5)S4)S3)S2)C(C)(C)N1[O]. The third-order valence-electron chi connectivity index (χ3n) is 5.39. The summed E-state index contributed by atoms with van der Waals surface area (Å²) >= 11 is 19.4. The van der Waals surface area contributed by atoms with Crippen LogP contribution in [-0.4, -0.2) is 27.1 Å². The lowest BCUT2D eigenvalue weighted by molar-refractivity contribution is -0.238. The van der Waals surface area contributed by atoms with Gasteiger partial charge in [0.25, 0.3) is 0 Å². The van der Waals surface area contributed by atoms with Crippen molar-refractivity contribution in [1.82, 2.24) is 5.06 Å². The first-order chi connectivity index (χ1) is 15.2. The van der Waals surface area contributed by atoms with Crippen LogP contribution in [0.5, 0.6) is 0 Å². The third kappa shape index (κ3) is 4.21. The average molecular weight is 609 g/mol. The molecule has 0 aromatic heterocycles. The molecule has 0 fully saturated rings. The molecule has 0 aliphatic carbocycles. The number of hydrogen-bond acceptors (Lipinski definition) is 11. The van der Waals surface area contributed by atoms with E-state index < -0.39 is 11.1 Å². The summed E-state index contributed by atoms with van der Waals surface area (Å²) in [6, 6.07) is 0. The monoisotopic (exact) mass is 608 g/mol. The normalized spacial score (nSPS) is 31.4. The van der Waals surface area contributed by atoms with Crippen molar-refractivity contribution in [3.8, 4) is 0 Å². The number of rotatable bonds is 1. The van der Waals surface area contributed by atoms with Gasteiger partial charge in [-0.15, -0.1) is 33.8 Å². The lowest BCUT2D eigenvalue weighted by Crippen LogP contribution is -2.48. The van der Waals surface area contributed by atoms with Gasteiger partial charge in [0.1, 0.15) is 0 Å². The summed E-state index contributed by atoms with van der Waals surface area (Å²) in [5.74, 6) is 1.04. The van der Waals surface area contributed by atoms with Gasteiger partial charge in [0.2, 0.25) is 0 Å². The molecule has 6 heterocycles. The summed E-state index contributed by atoms with van der Waals surface area (Å²) < 4.78 is 11.5. The molecular weight excluding hydrogens is 591 g/mol. The molecule has 6 rings (SSSR count). The first-order valence-corrected chi connectivity index (χ1v) is 18.3. The molecule has 0 amide bonds. The van der Waals surface area contributed by atoms with Gasteiger partial charge in [-0.2, -0.15) is 0 Å². The van der Waals surface area contributed by atoms with Crippen molar-refractivity contribution >= 4 is 118 Å². The first-order valence-electron chi connectivity index (χ1n) is 9.75. The molecule has 169 valence electrons. The zero-order valence-corrected chi connectivity index (χ0v) is 25.6. The Bertz CT molecular complexity index is 1060. The minimum atomic E-state index is -0.439. The van der Waals surface area contributed by atoms with Crippen LogP contribution in [0, 0.1) is 0 Å². The topological polar surface area (TPSA) is 23.1 Å². The Balaban J connectivity index is 1.14. The standard InChI is InChI=1S/C20H18NOS10/c1-19(2)7-9(20(3,4)21(19)22)10-8-25-12-14(26-10)30-15(27-12)16-31-17-18(32-16)29-13(28-17)11-23-5-6-24-11/h5-7,10H,8H2,1-4H3. The summed E-state index contributed by atoms with van der Waals surface area (Å²) in [4.78, 5) is 0. The van der Waals surface area contributed by atoms with Crippen molar-refractivity contribution in [3.05, 3.63) is 56.4 Å². The maximum absolute atomic E-state index is 12.9. The number of thioether (sulfide) groups is 10. The van der Waals surface area contributed by atoms with E-state index in [-0.39, 0.29) is 0 Å². The van der Waals surface area contributed by atoms with Crippen LogP contribution >= 0.6 is 118 Å². The van der Waals surface area contributed by atoms with Crippen LogP contribution in [0.25, 0.3) is 0 Å². The molecule has 0 aromatic rings. The van der Waals surface area contributed by atoms with Gasteiger partial charge < -0.3 is 0 Å². The van der Waals surface area contributed by atoms with E-state index in [1.165, 1.54) is 44.5 Å². The van der Waals surface area contributed by atoms with Crippen molar-refractivity contribution in [2.75, 3.05) is 5.75 Å². The van der Waals surface area contributed by atoms with E-state index in [4.69, 9.17) is 0 Å². The molecule has 0 saturated heterocycles. The van der Waals surface area contributed by atoms with Gasteiger partial charge in [-0.3, -0.25) is 0 Å². The predicted octanol–water partition coefficient (Wildman–Crippen LogP) is 9.88.